The van der Waals surface area contributed by atoms with Crippen LogP contribution < -0.4 is 5.43 Å². The van der Waals surface area contributed by atoms with Crippen LogP contribution in [0, 0.1) is 0 Å². The fraction of sp³-hybridized carbons (Fsp3) is 0.500. The van der Waals surface area contributed by atoms with Gasteiger partial charge in [0.1, 0.15) is 0 Å². The lowest BCUT2D eigenvalue weighted by molar-refractivity contribution is -0.119. The van der Waals surface area contributed by atoms with Gasteiger partial charge in [-0.2, -0.15) is 5.10 Å². The number of rotatable bonds is 3. The van der Waals surface area contributed by atoms with Crippen molar-refractivity contribution in [2.24, 2.45) is 5.10 Å². The van der Waals surface area contributed by atoms with Crippen LogP contribution in [0.5, 0.6) is 0 Å². The molecule has 1 amide bonds. The molecule has 0 heterocycles. The van der Waals surface area contributed by atoms with E-state index >= 15 is 0 Å². The topological polar surface area (TPSA) is 58.5 Å². The molecule has 0 aromatic heterocycles. The lowest BCUT2D eigenvalue weighted by Crippen LogP contribution is -2.12. The maximum absolute atomic E-state index is 10.4. The first-order chi connectivity index (χ1) is 5.13. The van der Waals surface area contributed by atoms with E-state index < -0.39 is 0 Å². The molecular formula is C6H10N2O2S. The number of hydrogen-bond donors (Lipinski definition) is 1. The second-order valence-corrected chi connectivity index (χ2v) is 2.98. The molecule has 0 atom stereocenters. The van der Waals surface area contributed by atoms with E-state index in [9.17, 15) is 9.59 Å². The van der Waals surface area contributed by atoms with Crippen molar-refractivity contribution in [3.8, 4) is 0 Å². The molecule has 5 heteroatoms. The van der Waals surface area contributed by atoms with Crippen molar-refractivity contribution in [3.05, 3.63) is 0 Å². The maximum atomic E-state index is 10.4. The van der Waals surface area contributed by atoms with Gasteiger partial charge >= 0.3 is 0 Å². The molecule has 11 heavy (non-hydrogen) atoms. The van der Waals surface area contributed by atoms with Crippen LogP contribution >= 0.6 is 11.8 Å². The summed E-state index contributed by atoms with van der Waals surface area (Å²) < 4.78 is 0. The molecule has 0 rings (SSSR count). The lowest BCUT2D eigenvalue weighted by atomic mass is 10.8. The molecule has 0 spiro atoms. The van der Waals surface area contributed by atoms with E-state index in [1.807, 2.05) is 0 Å². The first-order valence-corrected chi connectivity index (χ1v) is 4.03. The molecular weight excluding hydrogens is 164 g/mol. The standard InChI is InChI=1S/C6H10N2O2S/c1-5(9)8-7-3-4-11-6(2)10/h3H,4H2,1-2H3,(H,8,9). The molecule has 0 aliphatic carbocycles. The molecule has 0 radical (unpaired) electrons. The zero-order chi connectivity index (χ0) is 8.69. The van der Waals surface area contributed by atoms with E-state index in [0.29, 0.717) is 5.75 Å². The van der Waals surface area contributed by atoms with Gasteiger partial charge in [-0.05, 0) is 0 Å². The average molecular weight is 174 g/mol. The van der Waals surface area contributed by atoms with Gasteiger partial charge in [0.15, 0.2) is 5.12 Å². The zero-order valence-electron chi connectivity index (χ0n) is 6.46. The molecule has 0 saturated carbocycles. The summed E-state index contributed by atoms with van der Waals surface area (Å²) in [6.45, 7) is 2.85. The summed E-state index contributed by atoms with van der Waals surface area (Å²) in [5.41, 5.74) is 2.23. The number of carbonyl (C=O) groups is 2. The zero-order valence-corrected chi connectivity index (χ0v) is 7.27. The number of thioether (sulfide) groups is 1. The van der Waals surface area contributed by atoms with Crippen molar-refractivity contribution in [2.45, 2.75) is 13.8 Å². The molecule has 0 bridgehead atoms. The Balaban J connectivity index is 3.30. The van der Waals surface area contributed by atoms with Crippen molar-refractivity contribution in [1.29, 1.82) is 0 Å². The SMILES string of the molecule is CC(=O)NN=CCSC(C)=O. The van der Waals surface area contributed by atoms with Crippen molar-refractivity contribution >= 4 is 29.0 Å². The lowest BCUT2D eigenvalue weighted by Gasteiger charge is -1.89. The molecule has 0 aromatic carbocycles. The van der Waals surface area contributed by atoms with Gasteiger partial charge in [0.2, 0.25) is 5.91 Å². The first-order valence-electron chi connectivity index (χ1n) is 3.04. The van der Waals surface area contributed by atoms with Crippen LogP contribution in [0.3, 0.4) is 0 Å². The van der Waals surface area contributed by atoms with E-state index in [-0.39, 0.29) is 11.0 Å². The maximum Gasteiger partial charge on any atom is 0.236 e. The number of hydrazone groups is 1. The molecule has 62 valence electrons. The number of hydrogen-bond acceptors (Lipinski definition) is 4. The fourth-order valence-electron chi connectivity index (χ4n) is 0.328. The van der Waals surface area contributed by atoms with Gasteiger partial charge < -0.3 is 0 Å². The van der Waals surface area contributed by atoms with E-state index in [2.05, 4.69) is 10.5 Å². The molecule has 4 nitrogen and oxygen atoms in total. The first kappa shape index (κ1) is 10.2. The summed E-state index contributed by atoms with van der Waals surface area (Å²) in [4.78, 5) is 20.6. The summed E-state index contributed by atoms with van der Waals surface area (Å²) >= 11 is 1.14. The Hall–Kier alpha value is -0.840. The van der Waals surface area contributed by atoms with Gasteiger partial charge in [-0.15, -0.1) is 0 Å². The van der Waals surface area contributed by atoms with Gasteiger partial charge in [-0.3, -0.25) is 9.59 Å². The highest BCUT2D eigenvalue weighted by molar-refractivity contribution is 8.14. The third-order valence-corrected chi connectivity index (χ3v) is 1.40. The van der Waals surface area contributed by atoms with Crippen molar-refractivity contribution in [2.75, 3.05) is 5.75 Å². The van der Waals surface area contributed by atoms with Gasteiger partial charge in [0, 0.05) is 25.8 Å². The van der Waals surface area contributed by atoms with E-state index in [1.54, 1.807) is 0 Å². The normalized spacial score (nSPS) is 10.0. The summed E-state index contributed by atoms with van der Waals surface area (Å²) in [6.07, 6.45) is 1.48. The number of carbonyl (C=O) groups excluding carboxylic acids is 2. The van der Waals surface area contributed by atoms with E-state index in [1.165, 1.54) is 20.1 Å². The Kier molecular flexibility index (Phi) is 5.46. The summed E-state index contributed by atoms with van der Waals surface area (Å²) in [5.74, 6) is 0.282. The highest BCUT2D eigenvalue weighted by Gasteiger charge is 1.89. The Labute approximate surface area is 69.4 Å². The average Bonchev–Trinajstić information content (AvgIpc) is 1.85. The molecule has 1 N–H and O–H groups in total. The summed E-state index contributed by atoms with van der Waals surface area (Å²) in [6, 6.07) is 0. The highest BCUT2D eigenvalue weighted by atomic mass is 32.2. The van der Waals surface area contributed by atoms with Gasteiger partial charge in [0.25, 0.3) is 0 Å². The van der Waals surface area contributed by atoms with Gasteiger partial charge in [-0.1, -0.05) is 11.8 Å². The number of nitrogens with one attached hydrogen (secondary N) is 1. The summed E-state index contributed by atoms with van der Waals surface area (Å²) in [7, 11) is 0. The van der Waals surface area contributed by atoms with Gasteiger partial charge in [0.05, 0.1) is 0 Å². The van der Waals surface area contributed by atoms with Crippen LogP contribution in [0.15, 0.2) is 5.10 Å². The number of nitrogens with zero attached hydrogens (tertiary/aromatic N) is 1. The van der Waals surface area contributed by atoms with Crippen LogP contribution in [0.25, 0.3) is 0 Å². The van der Waals surface area contributed by atoms with Crippen LogP contribution in [0.1, 0.15) is 13.8 Å². The molecule has 0 aromatic rings. The van der Waals surface area contributed by atoms with Crippen LogP contribution in [0.4, 0.5) is 0 Å². The molecule has 0 aliphatic heterocycles. The predicted molar refractivity (Wildman–Crippen MR) is 45.4 cm³/mol. The van der Waals surface area contributed by atoms with Crippen LogP contribution in [-0.4, -0.2) is 23.0 Å². The minimum Gasteiger partial charge on any atom is -0.288 e. The van der Waals surface area contributed by atoms with Crippen molar-refractivity contribution in [1.82, 2.24) is 5.43 Å². The van der Waals surface area contributed by atoms with Crippen LogP contribution in [-0.2, 0) is 9.59 Å². The monoisotopic (exact) mass is 174 g/mol. The Bertz CT molecular complexity index is 179. The van der Waals surface area contributed by atoms with E-state index in [4.69, 9.17) is 0 Å². The number of amides is 1. The third-order valence-electron chi connectivity index (χ3n) is 0.674. The molecule has 0 fully saturated rings. The smallest absolute Gasteiger partial charge is 0.236 e. The summed E-state index contributed by atoms with van der Waals surface area (Å²) in [5, 5.41) is 3.59. The fourth-order valence-corrected chi connectivity index (χ4v) is 0.712. The Morgan fingerprint density at radius 3 is 2.64 bits per heavy atom. The third kappa shape index (κ3) is 9.16. The predicted octanol–water partition coefficient (Wildman–Crippen LogP) is 0.388. The second kappa shape index (κ2) is 5.91. The molecule has 0 unspecified atom stereocenters. The largest absolute Gasteiger partial charge is 0.288 e. The highest BCUT2D eigenvalue weighted by Crippen LogP contribution is 1.96. The molecule has 0 saturated heterocycles. The quantitative estimate of drug-likeness (QED) is 0.497. The van der Waals surface area contributed by atoms with Crippen molar-refractivity contribution < 1.29 is 9.59 Å². The Morgan fingerprint density at radius 2 is 2.18 bits per heavy atom. The minimum absolute atomic E-state index is 0.0410. The van der Waals surface area contributed by atoms with Gasteiger partial charge in [-0.25, -0.2) is 5.43 Å². The second-order valence-electron chi connectivity index (χ2n) is 1.78. The molecule has 0 aliphatic rings. The Morgan fingerprint density at radius 1 is 1.55 bits per heavy atom. The van der Waals surface area contributed by atoms with Crippen LogP contribution in [0.2, 0.25) is 0 Å². The van der Waals surface area contributed by atoms with Crippen molar-refractivity contribution in [3.63, 3.8) is 0 Å². The minimum atomic E-state index is -0.214. The van der Waals surface area contributed by atoms with E-state index in [0.717, 1.165) is 11.8 Å².